The Bertz CT molecular complexity index is 1130. The van der Waals surface area contributed by atoms with Crippen molar-refractivity contribution in [1.82, 2.24) is 39.8 Å². The minimum Gasteiger partial charge on any atom is -0.383 e. The molecule has 14 heteroatoms. The molecule has 2 N–H and O–H groups in total. The number of carbonyl (C=O) groups excluding carboxylic acids is 1. The molecule has 1 saturated heterocycles. The minimum absolute atomic E-state index is 0.141. The number of carbonyl (C=O) groups is 1. The third-order valence-electron chi connectivity index (χ3n) is 5.13. The third-order valence-corrected chi connectivity index (χ3v) is 5.13. The van der Waals surface area contributed by atoms with Crippen molar-refractivity contribution in [2.24, 2.45) is 0 Å². The number of nitrogens with one attached hydrogen (secondary N) is 2. The maximum absolute atomic E-state index is 13.5. The number of likely N-dealkylation sites (N-methyl/N-ethyl adjacent to an activating group) is 1. The zero-order valence-electron chi connectivity index (χ0n) is 18.5. The summed E-state index contributed by atoms with van der Waals surface area (Å²) in [6.07, 6.45) is 3.17. The van der Waals surface area contributed by atoms with Gasteiger partial charge >= 0.3 is 0 Å². The van der Waals surface area contributed by atoms with Crippen LogP contribution in [-0.2, 0) is 20.8 Å². The molecule has 4 heterocycles. The van der Waals surface area contributed by atoms with Crippen molar-refractivity contribution in [2.75, 3.05) is 32.6 Å². The van der Waals surface area contributed by atoms with Crippen LogP contribution in [0.25, 0.3) is 22.7 Å². The number of alkyl halides is 2. The fourth-order valence-corrected chi connectivity index (χ4v) is 3.48. The maximum Gasteiger partial charge on any atom is 0.262 e. The Labute approximate surface area is 187 Å². The lowest BCUT2D eigenvalue weighted by atomic mass is 10.2. The topological polar surface area (TPSA) is 134 Å². The van der Waals surface area contributed by atoms with Gasteiger partial charge in [-0.05, 0) is 12.8 Å². The van der Waals surface area contributed by atoms with E-state index in [9.17, 15) is 13.6 Å². The summed E-state index contributed by atoms with van der Waals surface area (Å²) in [6.45, 7) is 1.10. The number of fused-ring (bicyclic) bond motifs is 1. The molecule has 2 atom stereocenters. The lowest BCUT2D eigenvalue weighted by Crippen LogP contribution is -2.31. The standard InChI is InChI=1S/C19H25F2N9O3/c1-19(20,21)9-23-16-14-17(26-15(25-16)11-8-29(28-27-11)6-7-32-3)30(10-24-14)13-5-4-12(33-13)18(31)22-2/h8,10,12-13H,4-7,9H2,1-3H3,(H,22,31)(H,23,25,26)/t12-,13+/m0/s1. The molecular weight excluding hydrogens is 440 g/mol. The summed E-state index contributed by atoms with van der Waals surface area (Å²) in [5.74, 6) is -2.84. The van der Waals surface area contributed by atoms with Crippen LogP contribution in [0.5, 0.6) is 0 Å². The quantitative estimate of drug-likeness (QED) is 0.478. The summed E-state index contributed by atoms with van der Waals surface area (Å²) >= 11 is 0. The van der Waals surface area contributed by atoms with Gasteiger partial charge in [0.1, 0.15) is 18.0 Å². The molecule has 1 amide bonds. The van der Waals surface area contributed by atoms with Gasteiger partial charge in [0, 0.05) is 21.1 Å². The van der Waals surface area contributed by atoms with Gasteiger partial charge in [0.25, 0.3) is 5.92 Å². The molecule has 3 aromatic heterocycles. The van der Waals surface area contributed by atoms with Gasteiger partial charge in [-0.2, -0.15) is 0 Å². The van der Waals surface area contributed by atoms with E-state index in [1.165, 1.54) is 6.33 Å². The highest BCUT2D eigenvalue weighted by Crippen LogP contribution is 2.32. The predicted molar refractivity (Wildman–Crippen MR) is 113 cm³/mol. The van der Waals surface area contributed by atoms with Crippen LogP contribution in [0, 0.1) is 0 Å². The molecule has 0 bridgehead atoms. The largest absolute Gasteiger partial charge is 0.383 e. The summed E-state index contributed by atoms with van der Waals surface area (Å²) in [7, 11) is 3.13. The van der Waals surface area contributed by atoms with E-state index in [0.717, 1.165) is 6.92 Å². The molecule has 0 unspecified atom stereocenters. The number of ether oxygens (including phenoxy) is 2. The number of aromatic nitrogens is 7. The number of methoxy groups -OCH3 is 1. The van der Waals surface area contributed by atoms with Crippen molar-refractivity contribution in [3.63, 3.8) is 0 Å². The molecule has 0 radical (unpaired) electrons. The van der Waals surface area contributed by atoms with E-state index in [2.05, 4.69) is 35.9 Å². The molecule has 0 spiro atoms. The Hall–Kier alpha value is -3.26. The summed E-state index contributed by atoms with van der Waals surface area (Å²) in [5.41, 5.74) is 1.04. The molecule has 1 fully saturated rings. The molecule has 1 aliphatic rings. The molecule has 12 nitrogen and oxygen atoms in total. The van der Waals surface area contributed by atoms with E-state index in [-0.39, 0.29) is 17.5 Å². The second-order valence-electron chi connectivity index (χ2n) is 7.77. The van der Waals surface area contributed by atoms with Crippen molar-refractivity contribution in [3.8, 4) is 11.5 Å². The van der Waals surface area contributed by atoms with Crippen LogP contribution < -0.4 is 10.6 Å². The first-order valence-corrected chi connectivity index (χ1v) is 10.4. The average Bonchev–Trinajstić information content (AvgIpc) is 3.53. The zero-order chi connectivity index (χ0) is 23.6. The highest BCUT2D eigenvalue weighted by atomic mass is 19.3. The number of anilines is 1. The minimum atomic E-state index is -2.96. The Morgan fingerprint density at radius 1 is 1.36 bits per heavy atom. The van der Waals surface area contributed by atoms with Gasteiger partial charge in [0.2, 0.25) is 5.91 Å². The number of imidazole rings is 1. The third kappa shape index (κ3) is 5.06. The van der Waals surface area contributed by atoms with Crippen LogP contribution in [0.2, 0.25) is 0 Å². The Kier molecular flexibility index (Phi) is 6.47. The van der Waals surface area contributed by atoms with Crippen molar-refractivity contribution in [3.05, 3.63) is 12.5 Å². The van der Waals surface area contributed by atoms with E-state index in [1.807, 2.05) is 0 Å². The predicted octanol–water partition coefficient (Wildman–Crippen LogP) is 1.22. The first-order valence-electron chi connectivity index (χ1n) is 10.4. The molecular formula is C19H25F2N9O3. The zero-order valence-corrected chi connectivity index (χ0v) is 18.5. The van der Waals surface area contributed by atoms with Gasteiger partial charge in [-0.1, -0.05) is 5.21 Å². The fourth-order valence-electron chi connectivity index (χ4n) is 3.48. The highest BCUT2D eigenvalue weighted by Gasteiger charge is 2.33. The molecule has 0 aromatic carbocycles. The summed E-state index contributed by atoms with van der Waals surface area (Å²) in [6, 6.07) is 0. The molecule has 33 heavy (non-hydrogen) atoms. The fraction of sp³-hybridized carbons (Fsp3) is 0.579. The van der Waals surface area contributed by atoms with E-state index in [1.54, 1.807) is 29.6 Å². The van der Waals surface area contributed by atoms with Crippen molar-refractivity contribution in [1.29, 1.82) is 0 Å². The van der Waals surface area contributed by atoms with Gasteiger partial charge in [-0.15, -0.1) is 5.10 Å². The smallest absolute Gasteiger partial charge is 0.262 e. The van der Waals surface area contributed by atoms with E-state index in [0.29, 0.717) is 42.9 Å². The second-order valence-corrected chi connectivity index (χ2v) is 7.77. The lowest BCUT2D eigenvalue weighted by molar-refractivity contribution is -0.133. The summed E-state index contributed by atoms with van der Waals surface area (Å²) in [5, 5.41) is 13.4. The molecule has 0 aliphatic carbocycles. The number of hydrogen-bond donors (Lipinski definition) is 2. The van der Waals surface area contributed by atoms with Crippen LogP contribution in [0.15, 0.2) is 12.5 Å². The first kappa shape index (κ1) is 22.9. The molecule has 0 saturated carbocycles. The summed E-state index contributed by atoms with van der Waals surface area (Å²) < 4.78 is 41.2. The maximum atomic E-state index is 13.5. The van der Waals surface area contributed by atoms with Crippen LogP contribution >= 0.6 is 0 Å². The Morgan fingerprint density at radius 2 is 2.18 bits per heavy atom. The highest BCUT2D eigenvalue weighted by molar-refractivity contribution is 5.85. The first-order chi connectivity index (χ1) is 15.8. The molecule has 1 aliphatic heterocycles. The van der Waals surface area contributed by atoms with Crippen molar-refractivity contribution in [2.45, 2.75) is 44.6 Å². The number of hydrogen-bond acceptors (Lipinski definition) is 9. The number of nitrogens with zero attached hydrogens (tertiary/aromatic N) is 7. The SMILES string of the molecule is CNC(=O)[C@@H]1CC[C@H](n2cnc3c(NCC(C)(F)F)nc(-c4cn(CCOC)nn4)nc32)O1. The van der Waals surface area contributed by atoms with E-state index >= 15 is 0 Å². The second kappa shape index (κ2) is 9.31. The monoisotopic (exact) mass is 465 g/mol. The Morgan fingerprint density at radius 3 is 2.91 bits per heavy atom. The van der Waals surface area contributed by atoms with E-state index in [4.69, 9.17) is 9.47 Å². The molecule has 4 rings (SSSR count). The van der Waals surface area contributed by atoms with Crippen LogP contribution in [-0.4, -0.2) is 79.8 Å². The lowest BCUT2D eigenvalue weighted by Gasteiger charge is -2.15. The van der Waals surface area contributed by atoms with Crippen molar-refractivity contribution >= 4 is 22.9 Å². The molecule has 3 aromatic rings. The summed E-state index contributed by atoms with van der Waals surface area (Å²) in [4.78, 5) is 25.2. The van der Waals surface area contributed by atoms with Gasteiger partial charge in [-0.3, -0.25) is 9.36 Å². The normalized spacial score (nSPS) is 18.7. The van der Waals surface area contributed by atoms with Crippen LogP contribution in [0.4, 0.5) is 14.6 Å². The molecule has 178 valence electrons. The number of halogens is 2. The number of rotatable bonds is 9. The van der Waals surface area contributed by atoms with Crippen molar-refractivity contribution < 1.29 is 23.0 Å². The van der Waals surface area contributed by atoms with Gasteiger partial charge < -0.3 is 20.1 Å². The van der Waals surface area contributed by atoms with Crippen LogP contribution in [0.3, 0.4) is 0 Å². The van der Waals surface area contributed by atoms with Gasteiger partial charge in [0.15, 0.2) is 22.8 Å². The Balaban J connectivity index is 1.71. The average molecular weight is 465 g/mol. The number of amides is 1. The van der Waals surface area contributed by atoms with E-state index < -0.39 is 24.8 Å². The van der Waals surface area contributed by atoms with Gasteiger partial charge in [0.05, 0.1) is 32.2 Å². The van der Waals surface area contributed by atoms with Crippen LogP contribution in [0.1, 0.15) is 26.0 Å². The van der Waals surface area contributed by atoms with Gasteiger partial charge in [-0.25, -0.2) is 28.4 Å².